The van der Waals surface area contributed by atoms with Gasteiger partial charge >= 0.3 is 0 Å². The molecule has 0 N–H and O–H groups in total. The summed E-state index contributed by atoms with van der Waals surface area (Å²) in [7, 11) is 0. The van der Waals surface area contributed by atoms with Crippen LogP contribution in [0.15, 0.2) is 30.3 Å². The first kappa shape index (κ1) is 16.5. The van der Waals surface area contributed by atoms with Crippen LogP contribution in [-0.2, 0) is 16.0 Å². The van der Waals surface area contributed by atoms with E-state index in [0.717, 1.165) is 11.4 Å². The predicted molar refractivity (Wildman–Crippen MR) is 86.9 cm³/mol. The van der Waals surface area contributed by atoms with E-state index in [-0.39, 0.29) is 24.2 Å². The summed E-state index contributed by atoms with van der Waals surface area (Å²) in [6.07, 6.45) is -0.218. The minimum atomic E-state index is -0.349. The number of amides is 1. The summed E-state index contributed by atoms with van der Waals surface area (Å²) < 4.78 is 19.5. The van der Waals surface area contributed by atoms with E-state index < -0.39 is 0 Å². The van der Waals surface area contributed by atoms with Crippen molar-refractivity contribution in [3.8, 4) is 0 Å². The molecule has 1 aliphatic heterocycles. The third kappa shape index (κ3) is 3.76. The Morgan fingerprint density at radius 1 is 1.33 bits per heavy atom. The number of morpholine rings is 1. The van der Waals surface area contributed by atoms with Gasteiger partial charge in [-0.2, -0.15) is 0 Å². The zero-order chi connectivity index (χ0) is 17.1. The molecule has 126 valence electrons. The molecule has 2 aromatic rings. The molecule has 6 heteroatoms. The summed E-state index contributed by atoms with van der Waals surface area (Å²) in [4.78, 5) is 22.9. The Labute approximate surface area is 140 Å². The standard InChI is InChI=1S/C18H20FN3O2/c1-12-9-16(21-13(2)20-12)17-11-22(7-8-24-17)18(23)10-14-5-3-4-6-15(14)19/h3-6,9,17H,7-8,10-11H2,1-2H3/t17-/m0/s1. The van der Waals surface area contributed by atoms with Gasteiger partial charge in [-0.3, -0.25) is 4.79 Å². The van der Waals surface area contributed by atoms with Crippen LogP contribution in [-0.4, -0.2) is 40.5 Å². The number of aromatic nitrogens is 2. The minimum Gasteiger partial charge on any atom is -0.368 e. The number of aryl methyl sites for hydroxylation is 2. The lowest BCUT2D eigenvalue weighted by Gasteiger charge is -2.33. The van der Waals surface area contributed by atoms with Gasteiger partial charge in [0.05, 0.1) is 25.3 Å². The zero-order valence-electron chi connectivity index (χ0n) is 13.8. The van der Waals surface area contributed by atoms with Crippen LogP contribution in [0.4, 0.5) is 4.39 Å². The van der Waals surface area contributed by atoms with Gasteiger partial charge in [-0.25, -0.2) is 14.4 Å². The summed E-state index contributed by atoms with van der Waals surface area (Å²) in [5.74, 6) is 0.233. The molecule has 1 saturated heterocycles. The average molecular weight is 329 g/mol. The molecule has 1 aromatic carbocycles. The molecular weight excluding hydrogens is 309 g/mol. The van der Waals surface area contributed by atoms with Gasteiger partial charge < -0.3 is 9.64 Å². The summed E-state index contributed by atoms with van der Waals surface area (Å²) in [5, 5.41) is 0. The highest BCUT2D eigenvalue weighted by atomic mass is 19.1. The van der Waals surface area contributed by atoms with Gasteiger partial charge in [0.25, 0.3) is 0 Å². The fourth-order valence-corrected chi connectivity index (χ4v) is 2.88. The van der Waals surface area contributed by atoms with Crippen LogP contribution in [0, 0.1) is 19.7 Å². The van der Waals surface area contributed by atoms with Gasteiger partial charge in [-0.05, 0) is 31.5 Å². The maximum Gasteiger partial charge on any atom is 0.227 e. The number of ether oxygens (including phenoxy) is 1. The summed E-state index contributed by atoms with van der Waals surface area (Å²) in [6.45, 7) is 5.11. The zero-order valence-corrected chi connectivity index (χ0v) is 13.8. The van der Waals surface area contributed by atoms with Gasteiger partial charge in [0.2, 0.25) is 5.91 Å². The molecule has 5 nitrogen and oxygen atoms in total. The normalized spacial score (nSPS) is 17.8. The highest BCUT2D eigenvalue weighted by molar-refractivity contribution is 5.79. The quantitative estimate of drug-likeness (QED) is 0.867. The first-order valence-electron chi connectivity index (χ1n) is 7.98. The van der Waals surface area contributed by atoms with E-state index in [2.05, 4.69) is 9.97 Å². The van der Waals surface area contributed by atoms with Crippen LogP contribution in [0.5, 0.6) is 0 Å². The van der Waals surface area contributed by atoms with Crippen LogP contribution in [0.1, 0.15) is 28.9 Å². The Bertz CT molecular complexity index is 731. The Morgan fingerprint density at radius 3 is 2.88 bits per heavy atom. The Hall–Kier alpha value is -2.34. The van der Waals surface area contributed by atoms with Crippen molar-refractivity contribution in [3.63, 3.8) is 0 Å². The smallest absolute Gasteiger partial charge is 0.227 e. The SMILES string of the molecule is Cc1cc([C@@H]2CN(C(=O)Cc3ccccc3F)CCO2)nc(C)n1. The van der Waals surface area contributed by atoms with Crippen molar-refractivity contribution in [3.05, 3.63) is 58.9 Å². The van der Waals surface area contributed by atoms with Crippen molar-refractivity contribution in [1.82, 2.24) is 14.9 Å². The third-order valence-corrected chi connectivity index (χ3v) is 4.03. The fourth-order valence-electron chi connectivity index (χ4n) is 2.88. The van der Waals surface area contributed by atoms with E-state index in [9.17, 15) is 9.18 Å². The Kier molecular flexibility index (Phi) is 4.85. The highest BCUT2D eigenvalue weighted by Gasteiger charge is 2.27. The van der Waals surface area contributed by atoms with Gasteiger partial charge in [0.1, 0.15) is 17.7 Å². The Balaban J connectivity index is 1.71. The number of carbonyl (C=O) groups is 1. The van der Waals surface area contributed by atoms with Crippen LogP contribution in [0.2, 0.25) is 0 Å². The van der Waals surface area contributed by atoms with Crippen LogP contribution in [0.3, 0.4) is 0 Å². The number of rotatable bonds is 3. The van der Waals surface area contributed by atoms with E-state index in [1.54, 1.807) is 23.1 Å². The number of halogens is 1. The van der Waals surface area contributed by atoms with E-state index >= 15 is 0 Å². The van der Waals surface area contributed by atoms with E-state index in [1.807, 2.05) is 19.9 Å². The molecule has 1 atom stereocenters. The van der Waals surface area contributed by atoms with Gasteiger partial charge in [-0.15, -0.1) is 0 Å². The number of nitrogens with zero attached hydrogens (tertiary/aromatic N) is 3. The van der Waals surface area contributed by atoms with E-state index in [4.69, 9.17) is 4.74 Å². The molecular formula is C18H20FN3O2. The van der Waals surface area contributed by atoms with E-state index in [0.29, 0.717) is 31.1 Å². The molecule has 0 spiro atoms. The largest absolute Gasteiger partial charge is 0.368 e. The van der Waals surface area contributed by atoms with Crippen LogP contribution < -0.4 is 0 Å². The topological polar surface area (TPSA) is 55.3 Å². The molecule has 1 aliphatic rings. The number of benzene rings is 1. The van der Waals surface area contributed by atoms with Crippen LogP contribution in [0.25, 0.3) is 0 Å². The summed E-state index contributed by atoms with van der Waals surface area (Å²) in [5.41, 5.74) is 2.07. The molecule has 3 rings (SSSR count). The molecule has 0 aliphatic carbocycles. The van der Waals surface area contributed by atoms with Crippen molar-refractivity contribution in [1.29, 1.82) is 0 Å². The fraction of sp³-hybridized carbons (Fsp3) is 0.389. The number of hydrogen-bond donors (Lipinski definition) is 0. The minimum absolute atomic E-state index is 0.0568. The summed E-state index contributed by atoms with van der Waals surface area (Å²) >= 11 is 0. The van der Waals surface area contributed by atoms with Crippen molar-refractivity contribution >= 4 is 5.91 Å². The van der Waals surface area contributed by atoms with Crippen LogP contribution >= 0.6 is 0 Å². The number of hydrogen-bond acceptors (Lipinski definition) is 4. The molecule has 0 bridgehead atoms. The molecule has 0 saturated carbocycles. The second-order valence-corrected chi connectivity index (χ2v) is 5.95. The lowest BCUT2D eigenvalue weighted by atomic mass is 10.1. The van der Waals surface area contributed by atoms with Crippen molar-refractivity contribution in [2.45, 2.75) is 26.4 Å². The molecule has 0 unspecified atom stereocenters. The first-order valence-corrected chi connectivity index (χ1v) is 7.98. The molecule has 1 fully saturated rings. The molecule has 24 heavy (non-hydrogen) atoms. The Morgan fingerprint density at radius 2 is 2.12 bits per heavy atom. The predicted octanol–water partition coefficient (Wildman–Crippen LogP) is 2.38. The van der Waals surface area contributed by atoms with Crippen molar-refractivity contribution in [2.24, 2.45) is 0 Å². The van der Waals surface area contributed by atoms with E-state index in [1.165, 1.54) is 6.07 Å². The third-order valence-electron chi connectivity index (χ3n) is 4.03. The monoisotopic (exact) mass is 329 g/mol. The van der Waals surface area contributed by atoms with Gasteiger partial charge in [-0.1, -0.05) is 18.2 Å². The second-order valence-electron chi connectivity index (χ2n) is 5.95. The maximum absolute atomic E-state index is 13.7. The lowest BCUT2D eigenvalue weighted by molar-refractivity contribution is -0.138. The van der Waals surface area contributed by atoms with Gasteiger partial charge in [0, 0.05) is 12.2 Å². The first-order chi connectivity index (χ1) is 11.5. The van der Waals surface area contributed by atoms with Crippen molar-refractivity contribution in [2.75, 3.05) is 19.7 Å². The summed E-state index contributed by atoms with van der Waals surface area (Å²) in [6, 6.07) is 8.25. The number of carbonyl (C=O) groups excluding carboxylic acids is 1. The molecule has 2 heterocycles. The highest BCUT2D eigenvalue weighted by Crippen LogP contribution is 2.22. The molecule has 1 amide bonds. The van der Waals surface area contributed by atoms with Crippen molar-refractivity contribution < 1.29 is 13.9 Å². The van der Waals surface area contributed by atoms with Gasteiger partial charge in [0.15, 0.2) is 0 Å². The molecule has 0 radical (unpaired) electrons. The second kappa shape index (κ2) is 7.05. The average Bonchev–Trinajstić information content (AvgIpc) is 2.56. The maximum atomic E-state index is 13.7. The molecule has 1 aromatic heterocycles. The lowest BCUT2D eigenvalue weighted by Crippen LogP contribution is -2.43.